The third-order valence-electron chi connectivity index (χ3n) is 2.77. The second-order valence-corrected chi connectivity index (χ2v) is 6.40. The Bertz CT molecular complexity index is 493. The van der Waals surface area contributed by atoms with Crippen LogP contribution in [0.1, 0.15) is 25.3 Å². The van der Waals surface area contributed by atoms with Crippen molar-refractivity contribution in [2.75, 3.05) is 5.75 Å². The normalized spacial score (nSPS) is 11.9. The quantitative estimate of drug-likeness (QED) is 0.733. The molecule has 0 heterocycles. The topological polar surface area (TPSA) is 66.4 Å². The lowest BCUT2D eigenvalue weighted by Crippen LogP contribution is -2.37. The van der Waals surface area contributed by atoms with Crippen LogP contribution in [-0.2, 0) is 9.59 Å². The van der Waals surface area contributed by atoms with Crippen LogP contribution in [0.4, 0.5) is 0 Å². The predicted molar refractivity (Wildman–Crippen MR) is 84.1 cm³/mol. The molecular weight excluding hydrogens is 342 g/mol. The molecule has 1 aromatic carbocycles. The molecule has 1 amide bonds. The number of carboxylic acids is 1. The van der Waals surface area contributed by atoms with Gasteiger partial charge in [0.15, 0.2) is 0 Å². The number of benzene rings is 1. The van der Waals surface area contributed by atoms with Gasteiger partial charge in [-0.25, -0.2) is 0 Å². The lowest BCUT2D eigenvalue weighted by atomic mass is 10.1. The van der Waals surface area contributed by atoms with Crippen LogP contribution in [0.25, 0.3) is 0 Å². The van der Waals surface area contributed by atoms with Crippen molar-refractivity contribution in [3.8, 4) is 0 Å². The Labute approximate surface area is 131 Å². The molecule has 1 atom stereocenters. The number of halogens is 1. The Morgan fingerprint density at radius 2 is 2.15 bits per heavy atom. The van der Waals surface area contributed by atoms with Crippen molar-refractivity contribution in [3.63, 3.8) is 0 Å². The molecular formula is C14H18BrNO3S. The van der Waals surface area contributed by atoms with Gasteiger partial charge in [0.25, 0.3) is 0 Å². The van der Waals surface area contributed by atoms with Crippen LogP contribution in [0.3, 0.4) is 0 Å². The number of aryl methyl sites for hydroxylation is 1. The second-order valence-electron chi connectivity index (χ2n) is 4.47. The molecule has 0 aliphatic carbocycles. The van der Waals surface area contributed by atoms with Gasteiger partial charge in [0, 0.05) is 15.4 Å². The highest BCUT2D eigenvalue weighted by atomic mass is 79.9. The van der Waals surface area contributed by atoms with E-state index in [0.29, 0.717) is 12.2 Å². The zero-order chi connectivity index (χ0) is 15.1. The van der Waals surface area contributed by atoms with Crippen molar-refractivity contribution in [2.45, 2.75) is 37.6 Å². The standard InChI is InChI=1S/C14H18BrNO3S/c1-3-11(7-14(18)19)16-13(17)8-20-12-5-4-10(15)6-9(12)2/h4-6,11H,3,7-8H2,1-2H3,(H,16,17)(H,18,19). The number of nitrogens with one attached hydrogen (secondary N) is 1. The summed E-state index contributed by atoms with van der Waals surface area (Å²) in [6.45, 7) is 3.85. The fraction of sp³-hybridized carbons (Fsp3) is 0.429. The highest BCUT2D eigenvalue weighted by molar-refractivity contribution is 9.10. The Hall–Kier alpha value is -1.01. The summed E-state index contributed by atoms with van der Waals surface area (Å²) < 4.78 is 1.01. The maximum Gasteiger partial charge on any atom is 0.305 e. The molecule has 0 aliphatic rings. The number of carbonyl (C=O) groups excluding carboxylic acids is 1. The Balaban J connectivity index is 2.48. The van der Waals surface area contributed by atoms with E-state index < -0.39 is 5.97 Å². The van der Waals surface area contributed by atoms with Crippen molar-refractivity contribution < 1.29 is 14.7 Å². The van der Waals surface area contributed by atoms with Crippen molar-refractivity contribution in [1.82, 2.24) is 5.32 Å². The van der Waals surface area contributed by atoms with Gasteiger partial charge >= 0.3 is 5.97 Å². The van der Waals surface area contributed by atoms with Crippen LogP contribution in [0.15, 0.2) is 27.6 Å². The summed E-state index contributed by atoms with van der Waals surface area (Å²) >= 11 is 4.85. The third-order valence-corrected chi connectivity index (χ3v) is 4.44. The maximum atomic E-state index is 11.8. The van der Waals surface area contributed by atoms with Crippen LogP contribution in [0.2, 0.25) is 0 Å². The van der Waals surface area contributed by atoms with Gasteiger partial charge in [-0.1, -0.05) is 22.9 Å². The van der Waals surface area contributed by atoms with Crippen molar-refractivity contribution in [3.05, 3.63) is 28.2 Å². The average molecular weight is 360 g/mol. The summed E-state index contributed by atoms with van der Waals surface area (Å²) in [4.78, 5) is 23.5. The molecule has 0 spiro atoms. The molecule has 0 aliphatic heterocycles. The first-order valence-corrected chi connectivity index (χ1v) is 8.10. The minimum Gasteiger partial charge on any atom is -0.481 e. The summed E-state index contributed by atoms with van der Waals surface area (Å²) in [5.41, 5.74) is 1.11. The number of thioether (sulfide) groups is 1. The van der Waals surface area contributed by atoms with Crippen molar-refractivity contribution >= 4 is 39.6 Å². The van der Waals surface area contributed by atoms with Crippen molar-refractivity contribution in [1.29, 1.82) is 0 Å². The van der Waals surface area contributed by atoms with E-state index in [2.05, 4.69) is 21.2 Å². The van der Waals surface area contributed by atoms with E-state index in [-0.39, 0.29) is 18.4 Å². The molecule has 0 saturated carbocycles. The largest absolute Gasteiger partial charge is 0.481 e. The van der Waals surface area contributed by atoms with E-state index in [4.69, 9.17) is 5.11 Å². The second kappa shape index (κ2) is 8.32. The first kappa shape index (κ1) is 17.0. The lowest BCUT2D eigenvalue weighted by molar-refractivity contribution is -0.137. The zero-order valence-corrected chi connectivity index (χ0v) is 13.9. The number of hydrogen-bond donors (Lipinski definition) is 2. The molecule has 0 aromatic heterocycles. The summed E-state index contributed by atoms with van der Waals surface area (Å²) in [7, 11) is 0. The van der Waals surface area contributed by atoms with Crippen molar-refractivity contribution in [2.24, 2.45) is 0 Å². The number of amides is 1. The SMILES string of the molecule is CCC(CC(=O)O)NC(=O)CSc1ccc(Br)cc1C. The highest BCUT2D eigenvalue weighted by Gasteiger charge is 2.14. The maximum absolute atomic E-state index is 11.8. The van der Waals surface area contributed by atoms with E-state index in [1.165, 1.54) is 11.8 Å². The summed E-state index contributed by atoms with van der Waals surface area (Å²) in [6.07, 6.45) is 0.574. The molecule has 0 radical (unpaired) electrons. The van der Waals surface area contributed by atoms with Gasteiger partial charge in [0.05, 0.1) is 12.2 Å². The average Bonchev–Trinajstić information content (AvgIpc) is 2.36. The first-order chi connectivity index (χ1) is 9.42. The number of hydrogen-bond acceptors (Lipinski definition) is 3. The molecule has 6 heteroatoms. The van der Waals surface area contributed by atoms with E-state index in [9.17, 15) is 9.59 Å². The minimum atomic E-state index is -0.895. The molecule has 2 N–H and O–H groups in total. The lowest BCUT2D eigenvalue weighted by Gasteiger charge is -2.14. The Morgan fingerprint density at radius 1 is 1.45 bits per heavy atom. The van der Waals surface area contributed by atoms with Crippen LogP contribution in [0, 0.1) is 6.92 Å². The van der Waals surface area contributed by atoms with Crippen LogP contribution in [-0.4, -0.2) is 28.8 Å². The van der Waals surface area contributed by atoms with E-state index in [1.807, 2.05) is 32.0 Å². The number of aliphatic carboxylic acids is 1. The van der Waals surface area contributed by atoms with E-state index in [1.54, 1.807) is 0 Å². The number of carboxylic acid groups (broad SMARTS) is 1. The Kier molecular flexibility index (Phi) is 7.09. The van der Waals surface area contributed by atoms with Gasteiger partial charge in [-0.3, -0.25) is 9.59 Å². The van der Waals surface area contributed by atoms with Gasteiger partial charge in [0.2, 0.25) is 5.91 Å². The fourth-order valence-electron chi connectivity index (χ4n) is 1.70. The molecule has 1 aromatic rings. The van der Waals surface area contributed by atoms with Crippen LogP contribution >= 0.6 is 27.7 Å². The fourth-order valence-corrected chi connectivity index (χ4v) is 2.99. The molecule has 4 nitrogen and oxygen atoms in total. The van der Waals surface area contributed by atoms with Gasteiger partial charge in [-0.2, -0.15) is 0 Å². The first-order valence-electron chi connectivity index (χ1n) is 6.32. The summed E-state index contributed by atoms with van der Waals surface area (Å²) in [5, 5.41) is 11.5. The molecule has 1 rings (SSSR count). The van der Waals surface area contributed by atoms with E-state index in [0.717, 1.165) is 14.9 Å². The van der Waals surface area contributed by atoms with Gasteiger partial charge in [0.1, 0.15) is 0 Å². The monoisotopic (exact) mass is 359 g/mol. The minimum absolute atomic E-state index is 0.0375. The molecule has 20 heavy (non-hydrogen) atoms. The summed E-state index contributed by atoms with van der Waals surface area (Å²) in [6, 6.07) is 5.60. The van der Waals surface area contributed by atoms with Crippen LogP contribution in [0.5, 0.6) is 0 Å². The third kappa shape index (κ3) is 5.96. The molecule has 110 valence electrons. The number of carbonyl (C=O) groups is 2. The predicted octanol–water partition coefficient (Wildman–Crippen LogP) is 3.22. The molecule has 0 bridgehead atoms. The molecule has 0 saturated heterocycles. The Morgan fingerprint density at radius 3 is 2.70 bits per heavy atom. The van der Waals surface area contributed by atoms with Gasteiger partial charge in [-0.15, -0.1) is 11.8 Å². The molecule has 0 fully saturated rings. The van der Waals surface area contributed by atoms with Crippen LogP contribution < -0.4 is 5.32 Å². The van der Waals surface area contributed by atoms with Gasteiger partial charge < -0.3 is 10.4 Å². The highest BCUT2D eigenvalue weighted by Crippen LogP contribution is 2.25. The smallest absolute Gasteiger partial charge is 0.305 e. The van der Waals surface area contributed by atoms with Gasteiger partial charge in [-0.05, 0) is 37.1 Å². The summed E-state index contributed by atoms with van der Waals surface area (Å²) in [5.74, 6) is -0.738. The van der Waals surface area contributed by atoms with E-state index >= 15 is 0 Å². The molecule has 1 unspecified atom stereocenters. The number of rotatable bonds is 7. The zero-order valence-electron chi connectivity index (χ0n) is 11.5.